The van der Waals surface area contributed by atoms with Crippen molar-refractivity contribution >= 4 is 50.0 Å². The second-order valence-electron chi connectivity index (χ2n) is 7.82. The number of ether oxygens (including phenoxy) is 1. The van der Waals surface area contributed by atoms with Gasteiger partial charge in [-0.15, -0.1) is 0 Å². The van der Waals surface area contributed by atoms with Gasteiger partial charge in [-0.25, -0.2) is 13.2 Å². The molecule has 1 fully saturated rings. The number of esters is 1. The molecule has 1 atom stereocenters. The van der Waals surface area contributed by atoms with Crippen LogP contribution in [-0.2, 0) is 19.6 Å². The molecular weight excluding hydrogens is 464 g/mol. The number of nitrogens with zero attached hydrogens (tertiary/aromatic N) is 1. The molecule has 1 unspecified atom stereocenters. The number of sulfonamides is 1. The number of hydrogen-bond acceptors (Lipinski definition) is 5. The molecule has 0 bridgehead atoms. The number of hydrogen-bond donors (Lipinski definition) is 1. The Balaban J connectivity index is 1.49. The van der Waals surface area contributed by atoms with Gasteiger partial charge in [-0.1, -0.05) is 48.0 Å². The van der Waals surface area contributed by atoms with Crippen LogP contribution in [0.4, 0.5) is 5.69 Å². The van der Waals surface area contributed by atoms with E-state index in [9.17, 15) is 18.0 Å². The maximum atomic E-state index is 12.9. The van der Waals surface area contributed by atoms with Crippen LogP contribution in [0.1, 0.15) is 30.1 Å². The summed E-state index contributed by atoms with van der Waals surface area (Å²) in [5.41, 5.74) is 0.605. The summed E-state index contributed by atoms with van der Waals surface area (Å²) in [5.74, 6) is -1.32. The fraction of sp³-hybridized carbons (Fsp3) is 0.250. The van der Waals surface area contributed by atoms with E-state index >= 15 is 0 Å². The summed E-state index contributed by atoms with van der Waals surface area (Å²) >= 11 is 6.14. The summed E-state index contributed by atoms with van der Waals surface area (Å²) in [6.07, 6.45) is 0.454. The molecule has 1 aliphatic rings. The molecule has 1 heterocycles. The number of carbonyl (C=O) groups is 2. The Bertz CT molecular complexity index is 1310. The fourth-order valence-electron chi connectivity index (χ4n) is 3.75. The Morgan fingerprint density at radius 3 is 2.48 bits per heavy atom. The van der Waals surface area contributed by atoms with Crippen LogP contribution in [0.3, 0.4) is 0 Å². The van der Waals surface area contributed by atoms with Gasteiger partial charge in [0.25, 0.3) is 5.91 Å². The lowest BCUT2D eigenvalue weighted by Crippen LogP contribution is -2.30. The Labute approximate surface area is 197 Å². The minimum absolute atomic E-state index is 0.00184. The van der Waals surface area contributed by atoms with E-state index in [1.807, 2.05) is 36.4 Å². The van der Waals surface area contributed by atoms with E-state index in [2.05, 4.69) is 5.32 Å². The summed E-state index contributed by atoms with van der Waals surface area (Å²) in [7, 11) is -3.82. The maximum Gasteiger partial charge on any atom is 0.338 e. The third-order valence-corrected chi connectivity index (χ3v) is 7.93. The van der Waals surface area contributed by atoms with Crippen LogP contribution < -0.4 is 5.32 Å². The van der Waals surface area contributed by atoms with Crippen molar-refractivity contribution in [1.29, 1.82) is 0 Å². The molecule has 1 saturated heterocycles. The highest BCUT2D eigenvalue weighted by molar-refractivity contribution is 7.89. The van der Waals surface area contributed by atoms with Crippen molar-refractivity contribution in [2.24, 2.45) is 0 Å². The Morgan fingerprint density at radius 2 is 1.73 bits per heavy atom. The number of nitrogens with one attached hydrogen (secondary N) is 1. The van der Waals surface area contributed by atoms with Gasteiger partial charge in [-0.05, 0) is 49.4 Å². The molecule has 1 amide bonds. The lowest BCUT2D eigenvalue weighted by atomic mass is 10.1. The predicted octanol–water partition coefficient (Wildman–Crippen LogP) is 4.46. The molecule has 0 saturated carbocycles. The van der Waals surface area contributed by atoms with Crippen molar-refractivity contribution in [3.8, 4) is 0 Å². The predicted molar refractivity (Wildman–Crippen MR) is 127 cm³/mol. The Hall–Kier alpha value is -2.94. The zero-order chi connectivity index (χ0) is 23.6. The van der Waals surface area contributed by atoms with Gasteiger partial charge in [0.1, 0.15) is 4.90 Å². The van der Waals surface area contributed by atoms with Crippen LogP contribution in [0.15, 0.2) is 65.6 Å². The van der Waals surface area contributed by atoms with E-state index in [0.717, 1.165) is 23.6 Å². The van der Waals surface area contributed by atoms with Crippen molar-refractivity contribution in [3.05, 3.63) is 71.2 Å². The first-order valence-electron chi connectivity index (χ1n) is 10.6. The molecule has 33 heavy (non-hydrogen) atoms. The van der Waals surface area contributed by atoms with E-state index in [-0.39, 0.29) is 15.5 Å². The van der Waals surface area contributed by atoms with Gasteiger partial charge >= 0.3 is 5.97 Å². The van der Waals surface area contributed by atoms with Crippen LogP contribution in [0.2, 0.25) is 5.02 Å². The van der Waals surface area contributed by atoms with Gasteiger partial charge in [0, 0.05) is 24.2 Å². The molecular formula is C24H23ClN2O5S. The van der Waals surface area contributed by atoms with Crippen LogP contribution in [0.25, 0.3) is 10.8 Å². The highest BCUT2D eigenvalue weighted by atomic mass is 35.5. The van der Waals surface area contributed by atoms with Gasteiger partial charge in [0.2, 0.25) is 10.0 Å². The lowest BCUT2D eigenvalue weighted by Gasteiger charge is -2.18. The first-order valence-corrected chi connectivity index (χ1v) is 12.4. The molecule has 3 aromatic rings. The van der Waals surface area contributed by atoms with Crippen molar-refractivity contribution in [2.45, 2.75) is 30.8 Å². The summed E-state index contributed by atoms with van der Waals surface area (Å²) in [6.45, 7) is 2.29. The molecule has 4 rings (SSSR count). The zero-order valence-corrected chi connectivity index (χ0v) is 19.5. The number of fused-ring (bicyclic) bond motifs is 1. The normalized spacial score (nSPS) is 15.3. The van der Waals surface area contributed by atoms with Crippen LogP contribution in [-0.4, -0.2) is 43.8 Å². The Morgan fingerprint density at radius 1 is 1.03 bits per heavy atom. The SMILES string of the molecule is CC(OC(=O)c1ccc(Cl)c(S(=O)(=O)N2CCCC2)c1)C(=O)Nc1cccc2ccccc12. The minimum Gasteiger partial charge on any atom is -0.449 e. The number of benzene rings is 3. The first-order chi connectivity index (χ1) is 15.8. The maximum absolute atomic E-state index is 12.9. The minimum atomic E-state index is -3.82. The van der Waals surface area contributed by atoms with Gasteiger partial charge < -0.3 is 10.1 Å². The highest BCUT2D eigenvalue weighted by Crippen LogP contribution is 2.28. The summed E-state index contributed by atoms with van der Waals surface area (Å²) < 4.78 is 32.5. The van der Waals surface area contributed by atoms with Gasteiger partial charge in [0.05, 0.1) is 10.6 Å². The van der Waals surface area contributed by atoms with Crippen LogP contribution in [0, 0.1) is 0 Å². The van der Waals surface area contributed by atoms with Crippen molar-refractivity contribution < 1.29 is 22.7 Å². The largest absolute Gasteiger partial charge is 0.449 e. The fourth-order valence-corrected chi connectivity index (χ4v) is 5.76. The zero-order valence-electron chi connectivity index (χ0n) is 18.0. The van der Waals surface area contributed by atoms with Crippen LogP contribution >= 0.6 is 11.6 Å². The quantitative estimate of drug-likeness (QED) is 0.519. The molecule has 1 aliphatic heterocycles. The van der Waals surface area contributed by atoms with Crippen LogP contribution in [0.5, 0.6) is 0 Å². The van der Waals surface area contributed by atoms with Crippen molar-refractivity contribution in [2.75, 3.05) is 18.4 Å². The van der Waals surface area contributed by atoms with E-state index in [0.29, 0.717) is 18.8 Å². The lowest BCUT2D eigenvalue weighted by molar-refractivity contribution is -0.123. The van der Waals surface area contributed by atoms with Gasteiger partial charge in [-0.3, -0.25) is 4.79 Å². The molecule has 9 heteroatoms. The topological polar surface area (TPSA) is 92.8 Å². The molecule has 3 aromatic carbocycles. The van der Waals surface area contributed by atoms with E-state index in [4.69, 9.17) is 16.3 Å². The van der Waals surface area contributed by atoms with E-state index in [1.165, 1.54) is 29.4 Å². The smallest absolute Gasteiger partial charge is 0.338 e. The number of rotatable bonds is 6. The van der Waals surface area contributed by atoms with Gasteiger partial charge in [-0.2, -0.15) is 4.31 Å². The van der Waals surface area contributed by atoms with E-state index in [1.54, 1.807) is 6.07 Å². The summed E-state index contributed by atoms with van der Waals surface area (Å²) in [4.78, 5) is 25.2. The molecule has 7 nitrogen and oxygen atoms in total. The second-order valence-corrected chi connectivity index (χ2v) is 10.1. The molecule has 0 spiro atoms. The molecule has 0 aliphatic carbocycles. The number of carbonyl (C=O) groups excluding carboxylic acids is 2. The van der Waals surface area contributed by atoms with E-state index < -0.39 is 28.0 Å². The van der Waals surface area contributed by atoms with Crippen molar-refractivity contribution in [3.63, 3.8) is 0 Å². The third-order valence-electron chi connectivity index (χ3n) is 5.55. The molecule has 0 aromatic heterocycles. The average molecular weight is 487 g/mol. The number of halogens is 1. The first kappa shape index (κ1) is 23.2. The average Bonchev–Trinajstić information content (AvgIpc) is 3.35. The molecule has 1 N–H and O–H groups in total. The second kappa shape index (κ2) is 9.51. The number of anilines is 1. The van der Waals surface area contributed by atoms with Crippen molar-refractivity contribution in [1.82, 2.24) is 4.31 Å². The summed E-state index contributed by atoms with van der Waals surface area (Å²) in [6, 6.07) is 17.0. The molecule has 172 valence electrons. The monoisotopic (exact) mass is 486 g/mol. The third kappa shape index (κ3) is 4.88. The molecule has 0 radical (unpaired) electrons. The summed E-state index contributed by atoms with van der Waals surface area (Å²) in [5, 5.41) is 4.64. The Kier molecular flexibility index (Phi) is 6.69. The van der Waals surface area contributed by atoms with Gasteiger partial charge in [0.15, 0.2) is 6.10 Å². The standard InChI is InChI=1S/C24H23ClN2O5S/c1-16(23(28)26-21-10-6-8-17-7-2-3-9-19(17)21)32-24(29)18-11-12-20(25)22(15-18)33(30,31)27-13-4-5-14-27/h2-3,6-12,15-16H,4-5,13-14H2,1H3,(H,26,28). The number of amides is 1. The highest BCUT2D eigenvalue weighted by Gasteiger charge is 2.30.